The zero-order valence-corrected chi connectivity index (χ0v) is 11.3. The van der Waals surface area contributed by atoms with E-state index in [1.54, 1.807) is 12.2 Å². The Bertz CT molecular complexity index is 380. The molecule has 1 amide bonds. The highest BCUT2D eigenvalue weighted by atomic mass is 16.5. The van der Waals surface area contributed by atoms with Crippen LogP contribution < -0.4 is 5.32 Å². The van der Waals surface area contributed by atoms with E-state index in [1.807, 2.05) is 13.0 Å². The summed E-state index contributed by atoms with van der Waals surface area (Å²) in [6, 6.07) is 0.310. The number of carbonyl (C=O) groups excluding carboxylic acids is 2. The molecular formula is C15H21NO3. The molecule has 1 N–H and O–H groups in total. The molecule has 0 bridgehead atoms. The zero-order valence-electron chi connectivity index (χ0n) is 11.3. The summed E-state index contributed by atoms with van der Waals surface area (Å²) in [6.07, 6.45) is 11.3. The summed E-state index contributed by atoms with van der Waals surface area (Å²) in [5, 5.41) is 3.01. The Labute approximate surface area is 113 Å². The van der Waals surface area contributed by atoms with Crippen molar-refractivity contribution in [2.75, 3.05) is 6.61 Å². The van der Waals surface area contributed by atoms with Crippen molar-refractivity contribution < 1.29 is 14.3 Å². The van der Waals surface area contributed by atoms with Crippen LogP contribution in [0.4, 0.5) is 0 Å². The first kappa shape index (κ1) is 13.8. The minimum atomic E-state index is -0.484. The molecule has 4 heteroatoms. The number of esters is 1. The van der Waals surface area contributed by atoms with Crippen LogP contribution in [0.1, 0.15) is 32.6 Å². The van der Waals surface area contributed by atoms with Gasteiger partial charge in [-0.25, -0.2) is 4.79 Å². The second-order valence-electron chi connectivity index (χ2n) is 5.26. The highest BCUT2D eigenvalue weighted by molar-refractivity contribution is 5.86. The quantitative estimate of drug-likeness (QED) is 0.434. The molecule has 0 heterocycles. The normalized spacial score (nSPS) is 19.3. The fourth-order valence-electron chi connectivity index (χ4n) is 2.19. The molecule has 4 nitrogen and oxygen atoms in total. The largest absolute Gasteiger partial charge is 0.452 e. The van der Waals surface area contributed by atoms with Gasteiger partial charge < -0.3 is 10.1 Å². The standard InChI is InChI=1S/C15H21NO3/c1-2-3-4-5-14(18)19-10-13(17)16-15(11-6-7-11)12-8-9-12/h2-5,11-12,15H,6-10H2,1H3,(H,16,17)/b3-2+,5-4+. The average molecular weight is 263 g/mol. The fourth-order valence-corrected chi connectivity index (χ4v) is 2.19. The van der Waals surface area contributed by atoms with Crippen LogP contribution in [0.25, 0.3) is 0 Å². The third kappa shape index (κ3) is 4.89. The van der Waals surface area contributed by atoms with E-state index in [1.165, 1.54) is 31.8 Å². The highest BCUT2D eigenvalue weighted by Gasteiger charge is 2.42. The van der Waals surface area contributed by atoms with Gasteiger partial charge in [0, 0.05) is 12.1 Å². The van der Waals surface area contributed by atoms with Crippen molar-refractivity contribution in [3.8, 4) is 0 Å². The Morgan fingerprint density at radius 1 is 1.21 bits per heavy atom. The summed E-state index contributed by atoms with van der Waals surface area (Å²) < 4.78 is 4.88. The van der Waals surface area contributed by atoms with E-state index in [0.717, 1.165) is 0 Å². The summed E-state index contributed by atoms with van der Waals surface area (Å²) in [6.45, 7) is 1.67. The van der Waals surface area contributed by atoms with Gasteiger partial charge in [-0.1, -0.05) is 18.2 Å². The van der Waals surface area contributed by atoms with Crippen molar-refractivity contribution in [2.24, 2.45) is 11.8 Å². The van der Waals surface area contributed by atoms with E-state index in [-0.39, 0.29) is 12.5 Å². The number of amides is 1. The zero-order chi connectivity index (χ0) is 13.7. The maximum absolute atomic E-state index is 11.7. The van der Waals surface area contributed by atoms with Crippen molar-refractivity contribution in [3.63, 3.8) is 0 Å². The maximum Gasteiger partial charge on any atom is 0.331 e. The van der Waals surface area contributed by atoms with Gasteiger partial charge in [-0.3, -0.25) is 4.79 Å². The van der Waals surface area contributed by atoms with Gasteiger partial charge in [-0.05, 0) is 44.4 Å². The van der Waals surface area contributed by atoms with E-state index in [4.69, 9.17) is 4.74 Å². The Morgan fingerprint density at radius 3 is 2.37 bits per heavy atom. The average Bonchev–Trinajstić information content (AvgIpc) is 3.27. The first-order valence-corrected chi connectivity index (χ1v) is 6.96. The Kier molecular flexibility index (Phi) is 4.77. The van der Waals surface area contributed by atoms with Crippen LogP contribution in [0.3, 0.4) is 0 Å². The molecule has 104 valence electrons. The Balaban J connectivity index is 1.67. The summed E-state index contributed by atoms with van der Waals surface area (Å²) >= 11 is 0. The molecule has 2 aliphatic rings. The molecule has 0 spiro atoms. The maximum atomic E-state index is 11.7. The molecule has 0 atom stereocenters. The van der Waals surface area contributed by atoms with Gasteiger partial charge >= 0.3 is 5.97 Å². The molecular weight excluding hydrogens is 242 g/mol. The van der Waals surface area contributed by atoms with Crippen LogP contribution in [0.5, 0.6) is 0 Å². The summed E-state index contributed by atoms with van der Waals surface area (Å²) in [4.78, 5) is 23.0. The van der Waals surface area contributed by atoms with Crippen LogP contribution >= 0.6 is 0 Å². The number of rotatable bonds is 7. The third-order valence-corrected chi connectivity index (χ3v) is 3.47. The highest BCUT2D eigenvalue weighted by Crippen LogP contribution is 2.44. The predicted octanol–water partition coefficient (Wildman–Crippen LogP) is 1.97. The van der Waals surface area contributed by atoms with Crippen molar-refractivity contribution in [1.82, 2.24) is 5.32 Å². The molecule has 19 heavy (non-hydrogen) atoms. The molecule has 0 saturated heterocycles. The predicted molar refractivity (Wildman–Crippen MR) is 72.3 cm³/mol. The van der Waals surface area contributed by atoms with Gasteiger partial charge in [-0.15, -0.1) is 0 Å². The van der Waals surface area contributed by atoms with Crippen LogP contribution in [-0.2, 0) is 14.3 Å². The molecule has 0 aromatic carbocycles. The lowest BCUT2D eigenvalue weighted by atomic mass is 10.1. The van der Waals surface area contributed by atoms with Gasteiger partial charge in [0.15, 0.2) is 6.61 Å². The van der Waals surface area contributed by atoms with Gasteiger partial charge in [0.1, 0.15) is 0 Å². The molecule has 2 rings (SSSR count). The van der Waals surface area contributed by atoms with Crippen LogP contribution in [0.15, 0.2) is 24.3 Å². The van der Waals surface area contributed by atoms with E-state index in [9.17, 15) is 9.59 Å². The van der Waals surface area contributed by atoms with E-state index in [2.05, 4.69) is 5.32 Å². The number of carbonyl (C=O) groups is 2. The number of hydrogen-bond donors (Lipinski definition) is 1. The first-order chi connectivity index (χ1) is 9.20. The van der Waals surface area contributed by atoms with Crippen molar-refractivity contribution in [1.29, 1.82) is 0 Å². The number of nitrogens with one attached hydrogen (secondary N) is 1. The number of hydrogen-bond acceptors (Lipinski definition) is 3. The monoisotopic (exact) mass is 263 g/mol. The summed E-state index contributed by atoms with van der Waals surface area (Å²) in [5.41, 5.74) is 0. The second kappa shape index (κ2) is 6.55. The second-order valence-corrected chi connectivity index (χ2v) is 5.26. The van der Waals surface area contributed by atoms with Crippen LogP contribution in [0, 0.1) is 11.8 Å². The molecule has 0 radical (unpaired) electrons. The van der Waals surface area contributed by atoms with Crippen LogP contribution in [0.2, 0.25) is 0 Å². The molecule has 2 aliphatic carbocycles. The smallest absolute Gasteiger partial charge is 0.331 e. The first-order valence-electron chi connectivity index (χ1n) is 6.96. The lowest BCUT2D eigenvalue weighted by molar-refractivity contribution is -0.144. The molecule has 2 saturated carbocycles. The van der Waals surface area contributed by atoms with E-state index < -0.39 is 5.97 Å². The summed E-state index contributed by atoms with van der Waals surface area (Å²) in [5.74, 6) is 0.641. The third-order valence-electron chi connectivity index (χ3n) is 3.47. The van der Waals surface area contributed by atoms with Gasteiger partial charge in [0.05, 0.1) is 0 Å². The van der Waals surface area contributed by atoms with E-state index in [0.29, 0.717) is 17.9 Å². The van der Waals surface area contributed by atoms with E-state index >= 15 is 0 Å². The summed E-state index contributed by atoms with van der Waals surface area (Å²) in [7, 11) is 0. The Hall–Kier alpha value is -1.58. The molecule has 2 fully saturated rings. The van der Waals surface area contributed by atoms with Crippen molar-refractivity contribution in [3.05, 3.63) is 24.3 Å². The fraction of sp³-hybridized carbons (Fsp3) is 0.600. The van der Waals surface area contributed by atoms with Gasteiger partial charge in [0.2, 0.25) is 0 Å². The lowest BCUT2D eigenvalue weighted by Gasteiger charge is -2.17. The topological polar surface area (TPSA) is 55.4 Å². The minimum absolute atomic E-state index is 0.184. The van der Waals surface area contributed by atoms with Crippen molar-refractivity contribution in [2.45, 2.75) is 38.6 Å². The van der Waals surface area contributed by atoms with Gasteiger partial charge in [0.25, 0.3) is 5.91 Å². The molecule has 0 aliphatic heterocycles. The SMILES string of the molecule is C/C=C/C=C/C(=O)OCC(=O)NC(C1CC1)C1CC1. The van der Waals surface area contributed by atoms with Crippen molar-refractivity contribution >= 4 is 11.9 Å². The molecule has 0 aromatic heterocycles. The number of ether oxygens (including phenoxy) is 1. The number of allylic oxidation sites excluding steroid dienone is 3. The van der Waals surface area contributed by atoms with Gasteiger partial charge in [-0.2, -0.15) is 0 Å². The minimum Gasteiger partial charge on any atom is -0.452 e. The Morgan fingerprint density at radius 2 is 1.84 bits per heavy atom. The molecule has 0 aromatic rings. The molecule has 0 unspecified atom stereocenters. The lowest BCUT2D eigenvalue weighted by Crippen LogP contribution is -2.40. The van der Waals surface area contributed by atoms with Crippen LogP contribution in [-0.4, -0.2) is 24.5 Å².